The number of aromatic nitrogens is 4. The number of carbonyl (C=O) groups is 1. The van der Waals surface area contributed by atoms with Crippen LogP contribution in [0.3, 0.4) is 0 Å². The summed E-state index contributed by atoms with van der Waals surface area (Å²) in [5.41, 5.74) is 2.03. The van der Waals surface area contributed by atoms with Crippen molar-refractivity contribution in [2.45, 2.75) is 33.2 Å². The number of hydrogen-bond acceptors (Lipinski definition) is 6. The van der Waals surface area contributed by atoms with Crippen LogP contribution < -0.4 is 10.6 Å². The highest BCUT2D eigenvalue weighted by Gasteiger charge is 2.13. The number of aryl methyl sites for hydroxylation is 2. The number of nitrogens with zero attached hydrogens (tertiary/aromatic N) is 4. The van der Waals surface area contributed by atoms with Gasteiger partial charge < -0.3 is 10.6 Å². The minimum absolute atomic E-state index is 0.206. The molecule has 7 nitrogen and oxygen atoms in total. The molecule has 0 saturated heterocycles. The second-order valence-electron chi connectivity index (χ2n) is 4.65. The van der Waals surface area contributed by atoms with Crippen LogP contribution in [0.4, 0.5) is 5.13 Å². The van der Waals surface area contributed by atoms with Crippen LogP contribution in [0.25, 0.3) is 0 Å². The van der Waals surface area contributed by atoms with Crippen molar-refractivity contribution < 1.29 is 4.79 Å². The Morgan fingerprint density at radius 3 is 2.90 bits per heavy atom. The SMILES string of the molecule is CCCNc1nnc(C(=O)NCc2cn(C)nc2CC)s1. The molecule has 0 aliphatic heterocycles. The number of carbonyl (C=O) groups excluding carboxylic acids is 1. The van der Waals surface area contributed by atoms with Gasteiger partial charge in [-0.1, -0.05) is 25.2 Å². The molecular weight excluding hydrogens is 288 g/mol. The van der Waals surface area contributed by atoms with Gasteiger partial charge in [-0.15, -0.1) is 10.2 Å². The number of nitrogens with one attached hydrogen (secondary N) is 2. The van der Waals surface area contributed by atoms with Crippen LogP contribution in [0.15, 0.2) is 6.20 Å². The molecular formula is C13H20N6OS. The maximum Gasteiger partial charge on any atom is 0.282 e. The van der Waals surface area contributed by atoms with E-state index in [1.165, 1.54) is 11.3 Å². The minimum Gasteiger partial charge on any atom is -0.360 e. The molecule has 2 rings (SSSR count). The van der Waals surface area contributed by atoms with Gasteiger partial charge in [-0.05, 0) is 12.8 Å². The van der Waals surface area contributed by atoms with Crippen LogP contribution in [-0.2, 0) is 20.0 Å². The average molecular weight is 308 g/mol. The van der Waals surface area contributed by atoms with Crippen molar-refractivity contribution >= 4 is 22.4 Å². The van der Waals surface area contributed by atoms with Crippen molar-refractivity contribution in [3.8, 4) is 0 Å². The van der Waals surface area contributed by atoms with Crippen LogP contribution in [0.5, 0.6) is 0 Å². The molecule has 0 spiro atoms. The van der Waals surface area contributed by atoms with E-state index < -0.39 is 0 Å². The molecule has 1 amide bonds. The van der Waals surface area contributed by atoms with Gasteiger partial charge in [-0.2, -0.15) is 5.10 Å². The van der Waals surface area contributed by atoms with E-state index in [-0.39, 0.29) is 5.91 Å². The molecule has 2 aromatic heterocycles. The molecule has 0 unspecified atom stereocenters. The Balaban J connectivity index is 1.93. The van der Waals surface area contributed by atoms with Crippen molar-refractivity contribution in [1.82, 2.24) is 25.3 Å². The summed E-state index contributed by atoms with van der Waals surface area (Å²) in [4.78, 5) is 12.1. The highest BCUT2D eigenvalue weighted by atomic mass is 32.1. The molecule has 0 saturated carbocycles. The maximum absolute atomic E-state index is 12.1. The summed E-state index contributed by atoms with van der Waals surface area (Å²) in [7, 11) is 1.88. The monoisotopic (exact) mass is 308 g/mol. The van der Waals surface area contributed by atoms with Gasteiger partial charge in [-0.3, -0.25) is 9.48 Å². The van der Waals surface area contributed by atoms with E-state index in [0.29, 0.717) is 16.7 Å². The average Bonchev–Trinajstić information content (AvgIpc) is 3.08. The molecule has 0 radical (unpaired) electrons. The topological polar surface area (TPSA) is 84.7 Å². The van der Waals surface area contributed by atoms with E-state index in [1.807, 2.05) is 20.2 Å². The number of hydrogen-bond donors (Lipinski definition) is 2. The lowest BCUT2D eigenvalue weighted by Crippen LogP contribution is -2.23. The second kappa shape index (κ2) is 7.16. The zero-order chi connectivity index (χ0) is 15.2. The summed E-state index contributed by atoms with van der Waals surface area (Å²) in [5, 5.41) is 19.2. The van der Waals surface area contributed by atoms with Gasteiger partial charge in [0.1, 0.15) is 0 Å². The summed E-state index contributed by atoms with van der Waals surface area (Å²) in [6.07, 6.45) is 3.77. The molecule has 2 N–H and O–H groups in total. The van der Waals surface area contributed by atoms with Crippen molar-refractivity contribution in [1.29, 1.82) is 0 Å². The van der Waals surface area contributed by atoms with E-state index in [1.54, 1.807) is 4.68 Å². The molecule has 0 aromatic carbocycles. The van der Waals surface area contributed by atoms with Gasteiger partial charge in [0.2, 0.25) is 10.1 Å². The molecule has 2 aromatic rings. The lowest BCUT2D eigenvalue weighted by molar-refractivity contribution is 0.0949. The molecule has 114 valence electrons. The van der Waals surface area contributed by atoms with Gasteiger partial charge in [0.15, 0.2) is 0 Å². The fourth-order valence-electron chi connectivity index (χ4n) is 1.90. The molecule has 0 bridgehead atoms. The van der Waals surface area contributed by atoms with Crippen molar-refractivity contribution in [3.05, 3.63) is 22.5 Å². The number of anilines is 1. The minimum atomic E-state index is -0.206. The Hall–Kier alpha value is -1.96. The first-order chi connectivity index (χ1) is 10.1. The van der Waals surface area contributed by atoms with E-state index in [9.17, 15) is 4.79 Å². The Kier molecular flexibility index (Phi) is 5.26. The number of amides is 1. The molecule has 0 aliphatic rings. The summed E-state index contributed by atoms with van der Waals surface area (Å²) in [5.74, 6) is -0.206. The fraction of sp³-hybridized carbons (Fsp3) is 0.538. The first-order valence-corrected chi connectivity index (χ1v) is 7.82. The largest absolute Gasteiger partial charge is 0.360 e. The van der Waals surface area contributed by atoms with Gasteiger partial charge >= 0.3 is 0 Å². The third-order valence-corrected chi connectivity index (χ3v) is 3.79. The Morgan fingerprint density at radius 1 is 1.38 bits per heavy atom. The normalized spacial score (nSPS) is 10.6. The van der Waals surface area contributed by atoms with Crippen LogP contribution >= 0.6 is 11.3 Å². The maximum atomic E-state index is 12.1. The van der Waals surface area contributed by atoms with Crippen LogP contribution in [0, 0.1) is 0 Å². The van der Waals surface area contributed by atoms with E-state index in [4.69, 9.17) is 0 Å². The third kappa shape index (κ3) is 4.01. The second-order valence-corrected chi connectivity index (χ2v) is 5.63. The summed E-state index contributed by atoms with van der Waals surface area (Å²) >= 11 is 1.27. The zero-order valence-electron chi connectivity index (χ0n) is 12.5. The lowest BCUT2D eigenvalue weighted by Gasteiger charge is -2.01. The Labute approximate surface area is 127 Å². The predicted molar refractivity (Wildman–Crippen MR) is 82.4 cm³/mol. The smallest absolute Gasteiger partial charge is 0.282 e. The van der Waals surface area contributed by atoms with E-state index >= 15 is 0 Å². The number of rotatable bonds is 7. The molecule has 0 aliphatic carbocycles. The third-order valence-electron chi connectivity index (χ3n) is 2.91. The van der Waals surface area contributed by atoms with Gasteiger partial charge in [0, 0.05) is 31.9 Å². The van der Waals surface area contributed by atoms with Crippen molar-refractivity contribution in [2.24, 2.45) is 7.05 Å². The molecule has 8 heteroatoms. The first-order valence-electron chi connectivity index (χ1n) is 7.01. The van der Waals surface area contributed by atoms with Crippen LogP contribution in [-0.4, -0.2) is 32.4 Å². The van der Waals surface area contributed by atoms with Crippen LogP contribution in [0.1, 0.15) is 41.3 Å². The van der Waals surface area contributed by atoms with E-state index in [0.717, 1.165) is 30.6 Å². The molecule has 21 heavy (non-hydrogen) atoms. The summed E-state index contributed by atoms with van der Waals surface area (Å²) < 4.78 is 1.76. The summed E-state index contributed by atoms with van der Waals surface area (Å²) in [6, 6.07) is 0. The first kappa shape index (κ1) is 15.4. The standard InChI is InChI=1S/C13H20N6OS/c1-4-6-14-13-17-16-12(21-13)11(20)15-7-9-8-19(3)18-10(9)5-2/h8H,4-7H2,1-3H3,(H,14,17)(H,15,20). The van der Waals surface area contributed by atoms with Crippen molar-refractivity contribution in [3.63, 3.8) is 0 Å². The van der Waals surface area contributed by atoms with Gasteiger partial charge in [-0.25, -0.2) is 0 Å². The lowest BCUT2D eigenvalue weighted by atomic mass is 10.2. The highest BCUT2D eigenvalue weighted by molar-refractivity contribution is 7.17. The summed E-state index contributed by atoms with van der Waals surface area (Å²) in [6.45, 7) is 5.39. The zero-order valence-corrected chi connectivity index (χ0v) is 13.3. The molecule has 0 fully saturated rings. The van der Waals surface area contributed by atoms with Gasteiger partial charge in [0.05, 0.1) is 5.69 Å². The van der Waals surface area contributed by atoms with Crippen molar-refractivity contribution in [2.75, 3.05) is 11.9 Å². The van der Waals surface area contributed by atoms with E-state index in [2.05, 4.69) is 32.9 Å². The van der Waals surface area contributed by atoms with Gasteiger partial charge in [0.25, 0.3) is 5.91 Å². The highest BCUT2D eigenvalue weighted by Crippen LogP contribution is 2.15. The predicted octanol–water partition coefficient (Wildman–Crippen LogP) is 1.59. The fourth-order valence-corrected chi connectivity index (χ4v) is 2.58. The molecule has 2 heterocycles. The quantitative estimate of drug-likeness (QED) is 0.811. The van der Waals surface area contributed by atoms with Crippen LogP contribution in [0.2, 0.25) is 0 Å². The molecule has 0 atom stereocenters. The Bertz CT molecular complexity index is 606. The Morgan fingerprint density at radius 2 is 2.19 bits per heavy atom.